The van der Waals surface area contributed by atoms with E-state index < -0.39 is 0 Å². The average molecular weight is 428 g/mol. The van der Waals surface area contributed by atoms with Crippen LogP contribution in [0.15, 0.2) is 47.6 Å². The summed E-state index contributed by atoms with van der Waals surface area (Å²) < 4.78 is 1.05. The smallest absolute Gasteiger partial charge is 0.123 e. The molecule has 2 N–H and O–H groups in total. The Morgan fingerprint density at radius 2 is 1.77 bits per heavy atom. The van der Waals surface area contributed by atoms with Gasteiger partial charge in [-0.3, -0.25) is 4.90 Å². The van der Waals surface area contributed by atoms with Gasteiger partial charge in [0.15, 0.2) is 0 Å². The van der Waals surface area contributed by atoms with Crippen molar-refractivity contribution in [1.82, 2.24) is 9.63 Å². The Labute approximate surface area is 182 Å². The molecule has 0 bridgehead atoms. The van der Waals surface area contributed by atoms with Gasteiger partial charge in [-0.25, -0.2) is 4.99 Å². The highest BCUT2D eigenvalue weighted by molar-refractivity contribution is 6.31. The summed E-state index contributed by atoms with van der Waals surface area (Å²) in [5.41, 5.74) is 2.86. The summed E-state index contributed by atoms with van der Waals surface area (Å²) in [5, 5.41) is 23.2. The molecule has 0 amide bonds. The first-order valence-electron chi connectivity index (χ1n) is 10.3. The zero-order chi connectivity index (χ0) is 22.1. The van der Waals surface area contributed by atoms with E-state index >= 15 is 0 Å². The molecule has 6 heteroatoms. The van der Waals surface area contributed by atoms with Crippen molar-refractivity contribution in [3.8, 4) is 5.75 Å². The molecule has 0 aliphatic rings. The Morgan fingerprint density at radius 1 is 1.07 bits per heavy atom. The number of aromatic nitrogens is 1. The second-order valence-electron chi connectivity index (χ2n) is 8.53. The molecule has 1 aromatic heterocycles. The summed E-state index contributed by atoms with van der Waals surface area (Å²) in [5.74, 6) is 0.339. The van der Waals surface area contributed by atoms with Crippen molar-refractivity contribution in [2.75, 3.05) is 13.1 Å². The van der Waals surface area contributed by atoms with Crippen molar-refractivity contribution in [3.05, 3.63) is 64.1 Å². The number of nitrogens with zero attached hydrogens (tertiary/aromatic N) is 3. The normalized spacial score (nSPS) is 12.8. The van der Waals surface area contributed by atoms with Crippen LogP contribution in [-0.4, -0.2) is 33.0 Å². The Balaban J connectivity index is 2.24. The molecule has 0 atom stereocenters. The van der Waals surface area contributed by atoms with Crippen LogP contribution in [0.1, 0.15) is 45.7 Å². The van der Waals surface area contributed by atoms with Crippen LogP contribution in [0.5, 0.6) is 5.75 Å². The summed E-state index contributed by atoms with van der Waals surface area (Å²) in [6.45, 7) is 13.0. The topological polar surface area (TPSA) is 61.0 Å². The van der Waals surface area contributed by atoms with Gasteiger partial charge in [-0.15, -0.1) is 0 Å². The third kappa shape index (κ3) is 4.63. The van der Waals surface area contributed by atoms with Gasteiger partial charge in [-0.1, -0.05) is 46.2 Å². The molecule has 30 heavy (non-hydrogen) atoms. The van der Waals surface area contributed by atoms with Crippen molar-refractivity contribution in [3.63, 3.8) is 0 Å². The summed E-state index contributed by atoms with van der Waals surface area (Å²) in [7, 11) is 0. The van der Waals surface area contributed by atoms with Gasteiger partial charge in [-0.2, -0.15) is 4.73 Å². The number of phenolic OH excluding ortho intramolecular Hbond substituents is 1. The summed E-state index contributed by atoms with van der Waals surface area (Å²) in [4.78, 5) is 7.14. The third-order valence-electron chi connectivity index (χ3n) is 5.38. The van der Waals surface area contributed by atoms with Crippen LogP contribution < -0.4 is 5.36 Å². The van der Waals surface area contributed by atoms with Gasteiger partial charge in [0.05, 0.1) is 16.6 Å². The zero-order valence-electron chi connectivity index (χ0n) is 18.3. The van der Waals surface area contributed by atoms with Crippen molar-refractivity contribution < 1.29 is 10.3 Å². The molecule has 3 rings (SSSR count). The van der Waals surface area contributed by atoms with Crippen LogP contribution >= 0.6 is 11.6 Å². The minimum Gasteiger partial charge on any atom is -0.507 e. The van der Waals surface area contributed by atoms with E-state index in [1.54, 1.807) is 24.4 Å². The van der Waals surface area contributed by atoms with E-state index in [9.17, 15) is 10.3 Å². The third-order valence-corrected chi connectivity index (χ3v) is 5.61. The first-order chi connectivity index (χ1) is 14.1. The van der Waals surface area contributed by atoms with E-state index in [1.807, 2.05) is 18.2 Å². The van der Waals surface area contributed by atoms with E-state index in [-0.39, 0.29) is 5.41 Å². The molecule has 2 aromatic carbocycles. The fraction of sp³-hybridized carbons (Fsp3) is 0.375. The SMILES string of the molecule is CCN(CC)Cc1cc(N=c2ccn(O)c3cc(Cl)ccc23)cc(C(C)(C)C)c1O. The number of hydrogen-bond donors (Lipinski definition) is 2. The van der Waals surface area contributed by atoms with Gasteiger partial charge in [0.2, 0.25) is 0 Å². The molecule has 160 valence electrons. The molecule has 0 saturated carbocycles. The molecule has 5 nitrogen and oxygen atoms in total. The molecule has 1 heterocycles. The van der Waals surface area contributed by atoms with E-state index in [0.717, 1.165) is 45.4 Å². The molecule has 0 saturated heterocycles. The fourth-order valence-corrected chi connectivity index (χ4v) is 3.75. The lowest BCUT2D eigenvalue weighted by molar-refractivity contribution is 0.198. The van der Waals surface area contributed by atoms with Crippen LogP contribution in [0.25, 0.3) is 10.9 Å². The van der Waals surface area contributed by atoms with Gasteiger partial charge in [0, 0.05) is 34.3 Å². The Hall–Kier alpha value is -2.50. The highest BCUT2D eigenvalue weighted by atomic mass is 35.5. The Kier molecular flexibility index (Phi) is 6.44. The maximum absolute atomic E-state index is 11.0. The number of pyridine rings is 1. The zero-order valence-corrected chi connectivity index (χ0v) is 19.0. The molecule has 0 unspecified atom stereocenters. The Bertz CT molecular complexity index is 1130. The van der Waals surface area contributed by atoms with Gasteiger partial charge in [0.25, 0.3) is 0 Å². The van der Waals surface area contributed by atoms with Crippen LogP contribution in [0.3, 0.4) is 0 Å². The van der Waals surface area contributed by atoms with E-state index in [2.05, 4.69) is 39.5 Å². The monoisotopic (exact) mass is 427 g/mol. The average Bonchev–Trinajstić information content (AvgIpc) is 2.69. The molecule has 0 radical (unpaired) electrons. The maximum atomic E-state index is 11.0. The molecule has 0 aliphatic carbocycles. The fourth-order valence-electron chi connectivity index (χ4n) is 3.58. The Morgan fingerprint density at radius 3 is 2.40 bits per heavy atom. The minimum absolute atomic E-state index is 0.228. The van der Waals surface area contributed by atoms with Crippen molar-refractivity contribution >= 4 is 28.2 Å². The number of fused-ring (bicyclic) bond motifs is 1. The molecule has 0 fully saturated rings. The van der Waals surface area contributed by atoms with Crippen LogP contribution in [0, 0.1) is 0 Å². The number of phenols is 1. The standard InChI is InChI=1S/C24H30ClN3O2/c1-6-27(7-2)15-16-12-18(14-20(23(16)29)24(3,4)5)26-21-10-11-28(30)22-13-17(25)8-9-19(21)22/h8-14,29-30H,6-7,15H2,1-5H3. The number of hydrogen-bond acceptors (Lipinski definition) is 4. The lowest BCUT2D eigenvalue weighted by atomic mass is 9.84. The quantitative estimate of drug-likeness (QED) is 0.520. The second-order valence-corrected chi connectivity index (χ2v) is 8.97. The van der Waals surface area contributed by atoms with Crippen LogP contribution in [-0.2, 0) is 12.0 Å². The highest BCUT2D eigenvalue weighted by Gasteiger charge is 2.22. The number of halogens is 1. The van der Waals surface area contributed by atoms with Gasteiger partial charge in [-0.05, 0) is 54.9 Å². The van der Waals surface area contributed by atoms with Gasteiger partial charge >= 0.3 is 0 Å². The molecular weight excluding hydrogens is 398 g/mol. The molecule has 0 spiro atoms. The van der Waals surface area contributed by atoms with E-state index in [1.165, 1.54) is 0 Å². The highest BCUT2D eigenvalue weighted by Crippen LogP contribution is 2.37. The van der Waals surface area contributed by atoms with E-state index in [4.69, 9.17) is 16.6 Å². The predicted octanol–water partition coefficient (Wildman–Crippen LogP) is 5.61. The number of aromatic hydroxyl groups is 1. The first-order valence-corrected chi connectivity index (χ1v) is 10.7. The van der Waals surface area contributed by atoms with Crippen LogP contribution in [0.2, 0.25) is 5.02 Å². The van der Waals surface area contributed by atoms with Crippen molar-refractivity contribution in [2.24, 2.45) is 4.99 Å². The first kappa shape index (κ1) is 22.2. The lowest BCUT2D eigenvalue weighted by Crippen LogP contribution is -2.23. The summed E-state index contributed by atoms with van der Waals surface area (Å²) in [6, 6.07) is 11.0. The number of benzene rings is 2. The van der Waals surface area contributed by atoms with Crippen molar-refractivity contribution in [2.45, 2.75) is 46.6 Å². The second kappa shape index (κ2) is 8.70. The van der Waals surface area contributed by atoms with Crippen LogP contribution in [0.4, 0.5) is 5.69 Å². The van der Waals surface area contributed by atoms with Gasteiger partial charge in [0.1, 0.15) is 5.75 Å². The summed E-state index contributed by atoms with van der Waals surface area (Å²) >= 11 is 6.10. The lowest BCUT2D eigenvalue weighted by Gasteiger charge is -2.25. The van der Waals surface area contributed by atoms with Gasteiger partial charge < -0.3 is 10.3 Å². The molecular formula is C24H30ClN3O2. The van der Waals surface area contributed by atoms with Crippen molar-refractivity contribution in [1.29, 1.82) is 0 Å². The minimum atomic E-state index is -0.228. The number of rotatable bonds is 5. The molecule has 3 aromatic rings. The summed E-state index contributed by atoms with van der Waals surface area (Å²) in [6.07, 6.45) is 1.55. The predicted molar refractivity (Wildman–Crippen MR) is 123 cm³/mol. The largest absolute Gasteiger partial charge is 0.507 e. The molecule has 0 aliphatic heterocycles. The van der Waals surface area contributed by atoms with E-state index in [0.29, 0.717) is 22.8 Å². The maximum Gasteiger partial charge on any atom is 0.123 e.